The first kappa shape index (κ1) is 14.0. The summed E-state index contributed by atoms with van der Waals surface area (Å²) in [6.07, 6.45) is -4.77. The van der Waals surface area contributed by atoms with Crippen LogP contribution in [-0.2, 0) is 13.0 Å². The Hall–Kier alpha value is -1.08. The molecule has 0 radical (unpaired) electrons. The highest BCUT2D eigenvalue weighted by molar-refractivity contribution is 14.1. The maximum absolute atomic E-state index is 12.1. The minimum absolute atomic E-state index is 0.0115. The van der Waals surface area contributed by atoms with E-state index in [4.69, 9.17) is 11.0 Å². The van der Waals surface area contributed by atoms with Crippen LogP contribution in [-0.4, -0.2) is 11.3 Å². The zero-order chi connectivity index (χ0) is 13.1. The van der Waals surface area contributed by atoms with Gasteiger partial charge in [0, 0.05) is 10.1 Å². The molecular formula is C9H7F3IN3O. The topological polar surface area (TPSA) is 71.9 Å². The number of nitrogens with zero attached hydrogens (tertiary/aromatic N) is 2. The molecule has 0 amide bonds. The average Bonchev–Trinajstić information content (AvgIpc) is 2.20. The van der Waals surface area contributed by atoms with E-state index in [0.29, 0.717) is 9.26 Å². The minimum atomic E-state index is -4.79. The molecule has 0 aliphatic rings. The van der Waals surface area contributed by atoms with E-state index in [1.54, 1.807) is 22.6 Å². The van der Waals surface area contributed by atoms with Gasteiger partial charge >= 0.3 is 6.36 Å². The molecule has 2 N–H and O–H groups in total. The molecule has 0 atom stereocenters. The van der Waals surface area contributed by atoms with Gasteiger partial charge in [-0.3, -0.25) is 4.98 Å². The summed E-state index contributed by atoms with van der Waals surface area (Å²) in [7, 11) is 0. The Morgan fingerprint density at radius 2 is 2.12 bits per heavy atom. The van der Waals surface area contributed by atoms with Crippen LogP contribution >= 0.6 is 22.6 Å². The Kier molecular flexibility index (Phi) is 4.53. The minimum Gasteiger partial charge on any atom is -0.404 e. The fraction of sp³-hybridized carbons (Fsp3) is 0.333. The molecule has 0 aromatic carbocycles. The Morgan fingerprint density at radius 1 is 1.47 bits per heavy atom. The molecule has 0 saturated heterocycles. The summed E-state index contributed by atoms with van der Waals surface area (Å²) in [5, 5.41) is 8.53. The summed E-state index contributed by atoms with van der Waals surface area (Å²) < 4.78 is 40.5. The van der Waals surface area contributed by atoms with E-state index >= 15 is 0 Å². The van der Waals surface area contributed by atoms with Crippen molar-refractivity contribution in [3.8, 4) is 11.8 Å². The largest absolute Gasteiger partial charge is 0.573 e. The average molecular weight is 357 g/mol. The Balaban J connectivity index is 3.15. The van der Waals surface area contributed by atoms with Crippen molar-refractivity contribution in [2.24, 2.45) is 5.73 Å². The second kappa shape index (κ2) is 5.50. The quantitative estimate of drug-likeness (QED) is 0.842. The van der Waals surface area contributed by atoms with Gasteiger partial charge in [0.15, 0.2) is 5.75 Å². The van der Waals surface area contributed by atoms with Crippen LogP contribution in [0.4, 0.5) is 13.2 Å². The van der Waals surface area contributed by atoms with Gasteiger partial charge in [0.25, 0.3) is 0 Å². The molecule has 0 aliphatic carbocycles. The van der Waals surface area contributed by atoms with Gasteiger partial charge in [0.1, 0.15) is 0 Å². The molecule has 1 aromatic rings. The van der Waals surface area contributed by atoms with E-state index in [1.807, 2.05) is 6.07 Å². The fourth-order valence-corrected chi connectivity index (χ4v) is 1.71. The Bertz CT molecular complexity index is 456. The number of rotatable bonds is 3. The number of aromatic nitrogens is 1. The molecule has 1 rings (SSSR count). The van der Waals surface area contributed by atoms with Crippen molar-refractivity contribution in [1.82, 2.24) is 4.98 Å². The van der Waals surface area contributed by atoms with Crippen molar-refractivity contribution in [1.29, 1.82) is 5.26 Å². The standard InChI is InChI=1S/C9H7F3IN3O/c10-9(11,12)17-8-3-5(13)6(1-2-14)16-7(8)4-15/h3H,1,4,15H2. The second-order valence-corrected chi connectivity index (χ2v) is 4.11. The number of ether oxygens (including phenoxy) is 1. The first-order chi connectivity index (χ1) is 7.87. The number of hydrogen-bond donors (Lipinski definition) is 1. The van der Waals surface area contributed by atoms with E-state index in [-0.39, 0.29) is 18.7 Å². The lowest BCUT2D eigenvalue weighted by molar-refractivity contribution is -0.275. The van der Waals surface area contributed by atoms with Crippen LogP contribution in [0, 0.1) is 14.9 Å². The van der Waals surface area contributed by atoms with Gasteiger partial charge in [-0.05, 0) is 28.7 Å². The molecule has 1 heterocycles. The number of halogens is 4. The SMILES string of the molecule is N#CCc1nc(CN)c(OC(F)(F)F)cc1I. The summed E-state index contributed by atoms with van der Waals surface area (Å²) in [5.74, 6) is -0.425. The van der Waals surface area contributed by atoms with Crippen molar-refractivity contribution in [3.63, 3.8) is 0 Å². The van der Waals surface area contributed by atoms with E-state index in [9.17, 15) is 13.2 Å². The Morgan fingerprint density at radius 3 is 2.59 bits per heavy atom. The molecule has 0 spiro atoms. The summed E-state index contributed by atoms with van der Waals surface area (Å²) in [6, 6.07) is 3.05. The predicted octanol–water partition coefficient (Wildman–Crippen LogP) is 2.11. The van der Waals surface area contributed by atoms with Crippen LogP contribution in [0.3, 0.4) is 0 Å². The third-order valence-corrected chi connectivity index (χ3v) is 2.69. The van der Waals surface area contributed by atoms with E-state index in [2.05, 4.69) is 9.72 Å². The van der Waals surface area contributed by atoms with Crippen LogP contribution in [0.25, 0.3) is 0 Å². The van der Waals surface area contributed by atoms with Crippen LogP contribution in [0.1, 0.15) is 11.4 Å². The van der Waals surface area contributed by atoms with Crippen LogP contribution < -0.4 is 10.5 Å². The normalized spacial score (nSPS) is 11.1. The van der Waals surface area contributed by atoms with Gasteiger partial charge in [-0.2, -0.15) is 5.26 Å². The third kappa shape index (κ3) is 4.01. The number of hydrogen-bond acceptors (Lipinski definition) is 4. The van der Waals surface area contributed by atoms with Crippen LogP contribution in [0.2, 0.25) is 0 Å². The highest BCUT2D eigenvalue weighted by Crippen LogP contribution is 2.28. The number of nitriles is 1. The zero-order valence-electron chi connectivity index (χ0n) is 8.38. The van der Waals surface area contributed by atoms with Crippen molar-refractivity contribution < 1.29 is 17.9 Å². The van der Waals surface area contributed by atoms with Crippen molar-refractivity contribution in [2.45, 2.75) is 19.3 Å². The van der Waals surface area contributed by atoms with Crippen molar-refractivity contribution in [3.05, 3.63) is 21.0 Å². The highest BCUT2D eigenvalue weighted by Gasteiger charge is 2.32. The van der Waals surface area contributed by atoms with E-state index in [1.165, 1.54) is 6.07 Å². The molecule has 8 heteroatoms. The van der Waals surface area contributed by atoms with E-state index in [0.717, 1.165) is 0 Å². The monoisotopic (exact) mass is 357 g/mol. The van der Waals surface area contributed by atoms with Gasteiger partial charge in [0.2, 0.25) is 0 Å². The molecule has 4 nitrogen and oxygen atoms in total. The summed E-state index contributed by atoms with van der Waals surface area (Å²) in [5.41, 5.74) is 5.66. The lowest BCUT2D eigenvalue weighted by atomic mass is 10.2. The zero-order valence-corrected chi connectivity index (χ0v) is 10.5. The molecule has 0 unspecified atom stereocenters. The van der Waals surface area contributed by atoms with Crippen molar-refractivity contribution >= 4 is 22.6 Å². The number of alkyl halides is 3. The van der Waals surface area contributed by atoms with Crippen molar-refractivity contribution in [2.75, 3.05) is 0 Å². The molecule has 0 saturated carbocycles. The van der Waals surface area contributed by atoms with Gasteiger partial charge in [0.05, 0.1) is 23.9 Å². The van der Waals surface area contributed by atoms with Crippen LogP contribution in [0.5, 0.6) is 5.75 Å². The molecule has 17 heavy (non-hydrogen) atoms. The maximum Gasteiger partial charge on any atom is 0.573 e. The summed E-state index contributed by atoms with van der Waals surface area (Å²) in [6.45, 7) is -0.194. The molecule has 1 aromatic heterocycles. The smallest absolute Gasteiger partial charge is 0.404 e. The molecule has 0 fully saturated rings. The second-order valence-electron chi connectivity index (χ2n) is 2.95. The first-order valence-electron chi connectivity index (χ1n) is 4.38. The third-order valence-electron chi connectivity index (χ3n) is 1.75. The first-order valence-corrected chi connectivity index (χ1v) is 5.46. The van der Waals surface area contributed by atoms with Gasteiger partial charge in [-0.15, -0.1) is 13.2 Å². The van der Waals surface area contributed by atoms with Gasteiger partial charge in [-0.25, -0.2) is 0 Å². The lowest BCUT2D eigenvalue weighted by Gasteiger charge is -2.13. The highest BCUT2D eigenvalue weighted by atomic mass is 127. The molecule has 92 valence electrons. The van der Waals surface area contributed by atoms with Gasteiger partial charge < -0.3 is 10.5 Å². The molecule has 0 aliphatic heterocycles. The van der Waals surface area contributed by atoms with Crippen LogP contribution in [0.15, 0.2) is 6.07 Å². The molecular weight excluding hydrogens is 350 g/mol. The molecule has 0 bridgehead atoms. The maximum atomic E-state index is 12.1. The van der Waals surface area contributed by atoms with Gasteiger partial charge in [-0.1, -0.05) is 0 Å². The Labute approximate surface area is 109 Å². The lowest BCUT2D eigenvalue weighted by Crippen LogP contribution is -2.20. The van der Waals surface area contributed by atoms with E-state index < -0.39 is 12.1 Å². The summed E-state index contributed by atoms with van der Waals surface area (Å²) >= 11 is 1.79. The predicted molar refractivity (Wildman–Crippen MR) is 60.8 cm³/mol. The fourth-order valence-electron chi connectivity index (χ4n) is 1.11. The number of pyridine rings is 1. The number of nitrogens with two attached hydrogens (primary N) is 1. The summed E-state index contributed by atoms with van der Waals surface area (Å²) in [4.78, 5) is 3.88.